The third-order valence-corrected chi connectivity index (χ3v) is 4.63. The third-order valence-electron chi connectivity index (χ3n) is 4.63. The number of nitrogens with one attached hydrogen (secondary N) is 1. The van der Waals surface area contributed by atoms with Crippen molar-refractivity contribution in [1.82, 2.24) is 5.32 Å². The average Bonchev–Trinajstić information content (AvgIpc) is 3.04. The van der Waals surface area contributed by atoms with Gasteiger partial charge in [0.15, 0.2) is 6.10 Å². The van der Waals surface area contributed by atoms with Crippen LogP contribution in [-0.2, 0) is 9.59 Å². The number of hydrogen-bond acceptors (Lipinski definition) is 3. The summed E-state index contributed by atoms with van der Waals surface area (Å²) in [6, 6.07) is 13.5. The fourth-order valence-corrected chi connectivity index (χ4v) is 3.21. The first kappa shape index (κ1) is 16.3. The zero-order valence-electron chi connectivity index (χ0n) is 13.6. The van der Waals surface area contributed by atoms with Crippen molar-refractivity contribution in [3.8, 4) is 5.75 Å². The maximum Gasteiger partial charge on any atom is 0.329 e. The van der Waals surface area contributed by atoms with Crippen LogP contribution in [0.5, 0.6) is 5.75 Å². The molecule has 1 aliphatic carbocycles. The van der Waals surface area contributed by atoms with Gasteiger partial charge in [-0.05, 0) is 42.7 Å². The van der Waals surface area contributed by atoms with E-state index in [1.165, 1.54) is 0 Å². The fourth-order valence-electron chi connectivity index (χ4n) is 3.21. The first-order valence-corrected chi connectivity index (χ1v) is 8.21. The monoisotopic (exact) mass is 327 g/mol. The Bertz CT molecular complexity index is 765. The molecule has 0 unspecified atom stereocenters. The van der Waals surface area contributed by atoms with E-state index >= 15 is 0 Å². The van der Waals surface area contributed by atoms with Gasteiger partial charge in [0, 0.05) is 0 Å². The smallest absolute Gasteiger partial charge is 0.329 e. The molecule has 0 spiro atoms. The van der Waals surface area contributed by atoms with Crippen molar-refractivity contribution in [3.05, 3.63) is 42.5 Å². The molecule has 3 rings (SSSR count). The van der Waals surface area contributed by atoms with E-state index in [1.54, 1.807) is 6.92 Å². The molecule has 0 radical (unpaired) electrons. The van der Waals surface area contributed by atoms with Crippen LogP contribution in [0, 0.1) is 0 Å². The Kier molecular flexibility index (Phi) is 4.42. The van der Waals surface area contributed by atoms with Crippen LogP contribution in [0.15, 0.2) is 42.5 Å². The van der Waals surface area contributed by atoms with Gasteiger partial charge in [0.1, 0.15) is 11.3 Å². The molecule has 0 saturated heterocycles. The second kappa shape index (κ2) is 6.51. The van der Waals surface area contributed by atoms with E-state index in [-0.39, 0.29) is 0 Å². The second-order valence-electron chi connectivity index (χ2n) is 6.35. The zero-order chi connectivity index (χ0) is 17.2. The van der Waals surface area contributed by atoms with Gasteiger partial charge < -0.3 is 15.2 Å². The third kappa shape index (κ3) is 3.20. The number of fused-ring (bicyclic) bond motifs is 1. The molecular weight excluding hydrogens is 306 g/mol. The fraction of sp³-hybridized carbons (Fsp3) is 0.368. The van der Waals surface area contributed by atoms with Crippen LogP contribution in [0.4, 0.5) is 0 Å². The van der Waals surface area contributed by atoms with Gasteiger partial charge in [-0.15, -0.1) is 0 Å². The number of carboxylic acids is 1. The summed E-state index contributed by atoms with van der Waals surface area (Å²) in [5, 5.41) is 14.3. The van der Waals surface area contributed by atoms with E-state index in [9.17, 15) is 14.7 Å². The van der Waals surface area contributed by atoms with Crippen LogP contribution in [0.2, 0.25) is 0 Å². The SMILES string of the molecule is C[C@H](Oc1ccc2ccccc2c1)C(=O)NC1(C(=O)O)CCCC1. The summed E-state index contributed by atoms with van der Waals surface area (Å²) in [7, 11) is 0. The van der Waals surface area contributed by atoms with Crippen LogP contribution < -0.4 is 10.1 Å². The molecule has 2 aromatic carbocycles. The van der Waals surface area contributed by atoms with Crippen LogP contribution >= 0.6 is 0 Å². The molecule has 1 aliphatic rings. The predicted molar refractivity (Wildman–Crippen MR) is 91.0 cm³/mol. The van der Waals surface area contributed by atoms with Gasteiger partial charge in [0.25, 0.3) is 5.91 Å². The summed E-state index contributed by atoms with van der Waals surface area (Å²) in [4.78, 5) is 23.9. The van der Waals surface area contributed by atoms with E-state index in [1.807, 2.05) is 42.5 Å². The number of carbonyl (C=O) groups is 2. The highest BCUT2D eigenvalue weighted by atomic mass is 16.5. The molecule has 2 aromatic rings. The lowest BCUT2D eigenvalue weighted by Gasteiger charge is -2.27. The van der Waals surface area contributed by atoms with E-state index in [0.717, 1.165) is 23.6 Å². The van der Waals surface area contributed by atoms with E-state index in [2.05, 4.69) is 5.32 Å². The molecule has 0 heterocycles. The quantitative estimate of drug-likeness (QED) is 0.885. The predicted octanol–water partition coefficient (Wildman–Crippen LogP) is 3.12. The minimum atomic E-state index is -1.14. The van der Waals surface area contributed by atoms with E-state index in [0.29, 0.717) is 18.6 Å². The Morgan fingerprint density at radius 2 is 1.79 bits per heavy atom. The Labute approximate surface area is 140 Å². The molecule has 5 nitrogen and oxygen atoms in total. The van der Waals surface area contributed by atoms with Gasteiger partial charge in [-0.3, -0.25) is 4.79 Å². The van der Waals surface area contributed by atoms with Crippen molar-refractivity contribution < 1.29 is 19.4 Å². The molecule has 126 valence electrons. The van der Waals surface area contributed by atoms with Crippen molar-refractivity contribution in [3.63, 3.8) is 0 Å². The first-order chi connectivity index (χ1) is 11.5. The van der Waals surface area contributed by atoms with Crippen LogP contribution in [0.1, 0.15) is 32.6 Å². The molecule has 24 heavy (non-hydrogen) atoms. The number of amides is 1. The minimum absolute atomic E-state index is 0.396. The lowest BCUT2D eigenvalue weighted by Crippen LogP contribution is -2.55. The molecule has 0 aromatic heterocycles. The number of ether oxygens (including phenoxy) is 1. The molecule has 1 atom stereocenters. The number of rotatable bonds is 5. The Hall–Kier alpha value is -2.56. The number of benzene rings is 2. The number of carbonyl (C=O) groups excluding carboxylic acids is 1. The molecule has 0 bridgehead atoms. The number of hydrogen-bond donors (Lipinski definition) is 2. The van der Waals surface area contributed by atoms with Gasteiger partial charge in [0.2, 0.25) is 0 Å². The van der Waals surface area contributed by atoms with Gasteiger partial charge in [-0.2, -0.15) is 0 Å². The van der Waals surface area contributed by atoms with Gasteiger partial charge in [-0.1, -0.05) is 43.2 Å². The molecule has 2 N–H and O–H groups in total. The molecular formula is C19H21NO4. The van der Waals surface area contributed by atoms with Crippen molar-refractivity contribution in [2.75, 3.05) is 0 Å². The zero-order valence-corrected chi connectivity index (χ0v) is 13.6. The Morgan fingerprint density at radius 3 is 2.46 bits per heavy atom. The van der Waals surface area contributed by atoms with Gasteiger partial charge in [0.05, 0.1) is 0 Å². The summed E-state index contributed by atoms with van der Waals surface area (Å²) in [5.74, 6) is -0.772. The van der Waals surface area contributed by atoms with E-state index in [4.69, 9.17) is 4.74 Å². The number of carboxylic acid groups (broad SMARTS) is 1. The molecule has 5 heteroatoms. The second-order valence-corrected chi connectivity index (χ2v) is 6.35. The van der Waals surface area contributed by atoms with Crippen LogP contribution in [-0.4, -0.2) is 28.6 Å². The Morgan fingerprint density at radius 1 is 1.12 bits per heavy atom. The summed E-state index contributed by atoms with van der Waals surface area (Å²) in [5.41, 5.74) is -1.14. The highest BCUT2D eigenvalue weighted by Crippen LogP contribution is 2.30. The molecule has 1 fully saturated rings. The van der Waals surface area contributed by atoms with Crippen molar-refractivity contribution in [1.29, 1.82) is 0 Å². The Balaban J connectivity index is 1.70. The summed E-state index contributed by atoms with van der Waals surface area (Å²) in [6.45, 7) is 1.63. The lowest BCUT2D eigenvalue weighted by atomic mass is 9.97. The van der Waals surface area contributed by atoms with Crippen molar-refractivity contribution >= 4 is 22.6 Å². The summed E-state index contributed by atoms with van der Waals surface area (Å²) in [6.07, 6.45) is 1.80. The van der Waals surface area contributed by atoms with Crippen molar-refractivity contribution in [2.45, 2.75) is 44.2 Å². The molecule has 1 saturated carbocycles. The number of aliphatic carboxylic acids is 1. The maximum atomic E-state index is 12.4. The summed E-state index contributed by atoms with van der Waals surface area (Å²) >= 11 is 0. The molecule has 0 aliphatic heterocycles. The topological polar surface area (TPSA) is 75.6 Å². The van der Waals surface area contributed by atoms with Crippen LogP contribution in [0.25, 0.3) is 10.8 Å². The van der Waals surface area contributed by atoms with E-state index < -0.39 is 23.5 Å². The summed E-state index contributed by atoms with van der Waals surface area (Å²) < 4.78 is 5.71. The molecule has 1 amide bonds. The lowest BCUT2D eigenvalue weighted by molar-refractivity contribution is -0.148. The average molecular weight is 327 g/mol. The van der Waals surface area contributed by atoms with Gasteiger partial charge in [-0.25, -0.2) is 4.79 Å². The van der Waals surface area contributed by atoms with Crippen LogP contribution in [0.3, 0.4) is 0 Å². The minimum Gasteiger partial charge on any atom is -0.481 e. The highest BCUT2D eigenvalue weighted by Gasteiger charge is 2.43. The van der Waals surface area contributed by atoms with Gasteiger partial charge >= 0.3 is 5.97 Å². The first-order valence-electron chi connectivity index (χ1n) is 8.21. The maximum absolute atomic E-state index is 12.4. The standard InChI is InChI=1S/C19H21NO4/c1-13(17(21)20-19(18(22)23)10-4-5-11-19)24-16-9-8-14-6-2-3-7-15(14)12-16/h2-3,6-9,12-13H,4-5,10-11H2,1H3,(H,20,21)(H,22,23)/t13-/m0/s1. The van der Waals surface area contributed by atoms with Crippen molar-refractivity contribution in [2.24, 2.45) is 0 Å². The highest BCUT2D eigenvalue weighted by molar-refractivity contribution is 5.89. The largest absolute Gasteiger partial charge is 0.481 e. The normalized spacial score (nSPS) is 17.4.